The van der Waals surface area contributed by atoms with E-state index in [0.717, 1.165) is 43.1 Å². The summed E-state index contributed by atoms with van der Waals surface area (Å²) in [6.07, 6.45) is 2.20. The summed E-state index contributed by atoms with van der Waals surface area (Å²) in [7, 11) is 0. The van der Waals surface area contributed by atoms with Crippen molar-refractivity contribution in [3.05, 3.63) is 48.0 Å². The Morgan fingerprint density at radius 3 is 2.71 bits per heavy atom. The van der Waals surface area contributed by atoms with Gasteiger partial charge < -0.3 is 14.5 Å². The van der Waals surface area contributed by atoms with Gasteiger partial charge in [-0.2, -0.15) is 0 Å². The van der Waals surface area contributed by atoms with E-state index in [1.807, 2.05) is 12.1 Å². The van der Waals surface area contributed by atoms with Gasteiger partial charge in [-0.15, -0.1) is 0 Å². The van der Waals surface area contributed by atoms with Crippen LogP contribution in [-0.4, -0.2) is 18.8 Å². The minimum absolute atomic E-state index is 0.0150. The Balaban J connectivity index is 1.63. The first-order valence-electron chi connectivity index (χ1n) is 7.32. The summed E-state index contributed by atoms with van der Waals surface area (Å²) in [6, 6.07) is 10.2. The molecule has 4 heteroatoms. The Kier molecular flexibility index (Phi) is 4.08. The summed E-state index contributed by atoms with van der Waals surface area (Å²) >= 11 is 0. The first kappa shape index (κ1) is 14.3. The molecule has 1 aromatic heterocycles. The van der Waals surface area contributed by atoms with Crippen molar-refractivity contribution in [1.82, 2.24) is 5.32 Å². The standard InChI is InChI=1S/C17H20FNO2/c1-17(9-2-10-20-12-17)19-11-15-7-8-16(21-15)13-3-5-14(18)6-4-13/h3-8,19H,2,9-12H2,1H3. The van der Waals surface area contributed by atoms with Crippen LogP contribution in [-0.2, 0) is 11.3 Å². The predicted molar refractivity (Wildman–Crippen MR) is 79.4 cm³/mol. The van der Waals surface area contributed by atoms with Crippen LogP contribution < -0.4 is 5.32 Å². The molecule has 2 aromatic rings. The Hall–Kier alpha value is -1.65. The molecular weight excluding hydrogens is 269 g/mol. The Morgan fingerprint density at radius 1 is 1.19 bits per heavy atom. The van der Waals surface area contributed by atoms with Gasteiger partial charge in [0.05, 0.1) is 13.2 Å². The maximum Gasteiger partial charge on any atom is 0.134 e. The minimum Gasteiger partial charge on any atom is -0.460 e. The average Bonchev–Trinajstić information content (AvgIpc) is 2.96. The maximum absolute atomic E-state index is 12.9. The Labute approximate surface area is 124 Å². The SMILES string of the molecule is CC1(NCc2ccc(-c3ccc(F)cc3)o2)CCCOC1. The van der Waals surface area contributed by atoms with Crippen LogP contribution in [0, 0.1) is 5.82 Å². The fourth-order valence-electron chi connectivity index (χ4n) is 2.62. The lowest BCUT2D eigenvalue weighted by atomic mass is 9.95. The van der Waals surface area contributed by atoms with Crippen molar-refractivity contribution in [2.45, 2.75) is 31.8 Å². The highest BCUT2D eigenvalue weighted by Gasteiger charge is 2.27. The molecule has 1 aliphatic rings. The second kappa shape index (κ2) is 6.00. The van der Waals surface area contributed by atoms with E-state index in [1.165, 1.54) is 12.1 Å². The summed E-state index contributed by atoms with van der Waals surface area (Å²) in [5, 5.41) is 3.51. The lowest BCUT2D eigenvalue weighted by Crippen LogP contribution is -2.48. The molecule has 0 spiro atoms. The molecule has 1 aliphatic heterocycles. The van der Waals surface area contributed by atoms with E-state index >= 15 is 0 Å². The Bertz CT molecular complexity index is 585. The third-order valence-corrected chi connectivity index (χ3v) is 3.92. The molecule has 2 heterocycles. The van der Waals surface area contributed by atoms with Crippen molar-refractivity contribution in [2.24, 2.45) is 0 Å². The van der Waals surface area contributed by atoms with Crippen LogP contribution in [0.5, 0.6) is 0 Å². The van der Waals surface area contributed by atoms with Crippen LogP contribution >= 0.6 is 0 Å². The first-order valence-corrected chi connectivity index (χ1v) is 7.32. The van der Waals surface area contributed by atoms with Crippen molar-refractivity contribution in [3.8, 4) is 11.3 Å². The summed E-state index contributed by atoms with van der Waals surface area (Å²) < 4.78 is 24.3. The van der Waals surface area contributed by atoms with Gasteiger partial charge in [-0.3, -0.25) is 0 Å². The zero-order chi connectivity index (χ0) is 14.7. The number of hydrogen-bond acceptors (Lipinski definition) is 3. The van der Waals surface area contributed by atoms with E-state index in [-0.39, 0.29) is 11.4 Å². The van der Waals surface area contributed by atoms with Gasteiger partial charge in [0.1, 0.15) is 17.3 Å². The molecular formula is C17H20FNO2. The van der Waals surface area contributed by atoms with E-state index in [9.17, 15) is 4.39 Å². The summed E-state index contributed by atoms with van der Waals surface area (Å²) in [6.45, 7) is 4.43. The summed E-state index contributed by atoms with van der Waals surface area (Å²) in [5.41, 5.74) is 0.899. The highest BCUT2D eigenvalue weighted by Crippen LogP contribution is 2.24. The molecule has 1 aromatic carbocycles. The van der Waals surface area contributed by atoms with E-state index < -0.39 is 0 Å². The minimum atomic E-state index is -0.239. The van der Waals surface area contributed by atoms with Gasteiger partial charge in [0.25, 0.3) is 0 Å². The second-order valence-electron chi connectivity index (χ2n) is 5.84. The van der Waals surface area contributed by atoms with Gasteiger partial charge in [0.2, 0.25) is 0 Å². The normalized spacial score (nSPS) is 22.4. The third-order valence-electron chi connectivity index (χ3n) is 3.92. The van der Waals surface area contributed by atoms with Crippen LogP contribution in [0.3, 0.4) is 0 Å². The first-order chi connectivity index (χ1) is 10.1. The molecule has 112 valence electrons. The predicted octanol–water partition coefficient (Wildman–Crippen LogP) is 3.74. The maximum atomic E-state index is 12.9. The van der Waals surface area contributed by atoms with Gasteiger partial charge in [0.15, 0.2) is 0 Å². The van der Waals surface area contributed by atoms with Gasteiger partial charge in [0, 0.05) is 17.7 Å². The average molecular weight is 289 g/mol. The number of hydrogen-bond donors (Lipinski definition) is 1. The fraction of sp³-hybridized carbons (Fsp3) is 0.412. The van der Waals surface area contributed by atoms with Crippen molar-refractivity contribution >= 4 is 0 Å². The number of benzene rings is 1. The zero-order valence-electron chi connectivity index (χ0n) is 12.2. The second-order valence-corrected chi connectivity index (χ2v) is 5.84. The van der Waals surface area contributed by atoms with E-state index in [4.69, 9.17) is 9.15 Å². The quantitative estimate of drug-likeness (QED) is 0.931. The molecule has 1 unspecified atom stereocenters. The van der Waals surface area contributed by atoms with Crippen LogP contribution in [0.25, 0.3) is 11.3 Å². The molecule has 0 aliphatic carbocycles. The topological polar surface area (TPSA) is 34.4 Å². The molecule has 0 amide bonds. The largest absolute Gasteiger partial charge is 0.460 e. The van der Waals surface area contributed by atoms with Crippen LogP contribution in [0.4, 0.5) is 4.39 Å². The van der Waals surface area contributed by atoms with E-state index in [2.05, 4.69) is 12.2 Å². The highest BCUT2D eigenvalue weighted by atomic mass is 19.1. The van der Waals surface area contributed by atoms with Gasteiger partial charge in [-0.1, -0.05) is 0 Å². The number of rotatable bonds is 4. The fourth-order valence-corrected chi connectivity index (χ4v) is 2.62. The molecule has 21 heavy (non-hydrogen) atoms. The van der Waals surface area contributed by atoms with Crippen molar-refractivity contribution in [1.29, 1.82) is 0 Å². The van der Waals surface area contributed by atoms with Crippen LogP contribution in [0.1, 0.15) is 25.5 Å². The van der Waals surface area contributed by atoms with Crippen molar-refractivity contribution in [3.63, 3.8) is 0 Å². The lowest BCUT2D eigenvalue weighted by Gasteiger charge is -2.34. The zero-order valence-corrected chi connectivity index (χ0v) is 12.2. The third kappa shape index (κ3) is 3.52. The molecule has 0 saturated carbocycles. The van der Waals surface area contributed by atoms with E-state index in [0.29, 0.717) is 6.54 Å². The molecule has 3 rings (SSSR count). The molecule has 0 radical (unpaired) electrons. The van der Waals surface area contributed by atoms with Gasteiger partial charge in [-0.25, -0.2) is 4.39 Å². The van der Waals surface area contributed by atoms with Gasteiger partial charge in [-0.05, 0) is 56.2 Å². The molecule has 1 saturated heterocycles. The summed E-state index contributed by atoms with van der Waals surface area (Å²) in [4.78, 5) is 0. The Morgan fingerprint density at radius 2 is 2.00 bits per heavy atom. The number of ether oxygens (including phenoxy) is 1. The monoisotopic (exact) mass is 289 g/mol. The highest BCUT2D eigenvalue weighted by molar-refractivity contribution is 5.57. The molecule has 1 N–H and O–H groups in total. The smallest absolute Gasteiger partial charge is 0.134 e. The number of furan rings is 1. The molecule has 1 fully saturated rings. The van der Waals surface area contributed by atoms with Gasteiger partial charge >= 0.3 is 0 Å². The number of nitrogens with one attached hydrogen (secondary N) is 1. The molecule has 0 bridgehead atoms. The summed E-state index contributed by atoms with van der Waals surface area (Å²) in [5.74, 6) is 1.40. The number of halogens is 1. The lowest BCUT2D eigenvalue weighted by molar-refractivity contribution is 0.0270. The van der Waals surface area contributed by atoms with Crippen molar-refractivity contribution < 1.29 is 13.5 Å². The van der Waals surface area contributed by atoms with Crippen LogP contribution in [0.2, 0.25) is 0 Å². The van der Waals surface area contributed by atoms with Crippen LogP contribution in [0.15, 0.2) is 40.8 Å². The molecule has 1 atom stereocenters. The molecule has 3 nitrogen and oxygen atoms in total. The van der Waals surface area contributed by atoms with E-state index in [1.54, 1.807) is 12.1 Å². The van der Waals surface area contributed by atoms with Crippen molar-refractivity contribution in [2.75, 3.05) is 13.2 Å².